The van der Waals surface area contributed by atoms with Crippen LogP contribution >= 0.6 is 0 Å². The lowest BCUT2D eigenvalue weighted by Crippen LogP contribution is -2.39. The average molecular weight is 652 g/mol. The Morgan fingerprint density at radius 3 is 2.52 bits per heavy atom. The number of amides is 1. The fourth-order valence-electron chi connectivity index (χ4n) is 5.26. The van der Waals surface area contributed by atoms with Crippen molar-refractivity contribution < 1.29 is 27.4 Å². The zero-order valence-corrected chi connectivity index (χ0v) is 27.8. The molecule has 0 unspecified atom stereocenters. The van der Waals surface area contributed by atoms with Gasteiger partial charge in [0.05, 0.1) is 43.5 Å². The van der Waals surface area contributed by atoms with Crippen molar-refractivity contribution in [3.8, 4) is 17.4 Å². The summed E-state index contributed by atoms with van der Waals surface area (Å²) in [5, 5.41) is 6.98. The standard InChI is InChI=1S/C32H41N7O6S/c1-32(2,3)22-19-23(29(43-5)24(20-22)37-46(6,41)42)35-30(40)25-18-21-8-7-9-26(28(21)38(25)4)45-27-10-11-33-31(36-27)34-12-13-39-14-16-44-17-15-39/h7-11,18-20,37H,12-17H2,1-6H3,(H,35,40)(H,33,34,36). The molecule has 46 heavy (non-hydrogen) atoms. The van der Waals surface area contributed by atoms with Crippen LogP contribution in [-0.2, 0) is 27.2 Å². The second-order valence-electron chi connectivity index (χ2n) is 12.2. The fraction of sp³-hybridized carbons (Fsp3) is 0.406. The Bertz CT molecular complexity index is 1830. The third-order valence-electron chi connectivity index (χ3n) is 7.61. The summed E-state index contributed by atoms with van der Waals surface area (Å²) >= 11 is 0. The van der Waals surface area contributed by atoms with E-state index in [0.29, 0.717) is 41.0 Å². The van der Waals surface area contributed by atoms with Crippen molar-refractivity contribution >= 4 is 44.2 Å². The first-order chi connectivity index (χ1) is 21.8. The van der Waals surface area contributed by atoms with Crippen molar-refractivity contribution in [1.29, 1.82) is 0 Å². The van der Waals surface area contributed by atoms with Crippen LogP contribution in [0.1, 0.15) is 36.8 Å². The van der Waals surface area contributed by atoms with Gasteiger partial charge in [0.1, 0.15) is 5.69 Å². The molecule has 1 amide bonds. The molecule has 0 bridgehead atoms. The van der Waals surface area contributed by atoms with E-state index < -0.39 is 15.9 Å². The second-order valence-corrected chi connectivity index (χ2v) is 13.9. The minimum Gasteiger partial charge on any atom is -0.492 e. The zero-order valence-electron chi connectivity index (χ0n) is 27.0. The van der Waals surface area contributed by atoms with Gasteiger partial charge in [0, 0.05) is 50.9 Å². The van der Waals surface area contributed by atoms with Gasteiger partial charge in [-0.25, -0.2) is 13.4 Å². The van der Waals surface area contributed by atoms with Crippen molar-refractivity contribution in [1.82, 2.24) is 19.4 Å². The number of benzene rings is 2. The molecule has 1 aliphatic rings. The summed E-state index contributed by atoms with van der Waals surface area (Å²) in [7, 11) is -0.412. The number of rotatable bonds is 11. The number of hydrogen-bond acceptors (Lipinski definition) is 10. The lowest BCUT2D eigenvalue weighted by Gasteiger charge is -2.26. The largest absolute Gasteiger partial charge is 0.492 e. The van der Waals surface area contributed by atoms with Gasteiger partial charge < -0.3 is 29.4 Å². The number of aryl methyl sites for hydroxylation is 1. The summed E-state index contributed by atoms with van der Waals surface area (Å²) in [6.45, 7) is 10.8. The monoisotopic (exact) mass is 651 g/mol. The lowest BCUT2D eigenvalue weighted by molar-refractivity contribution is 0.0398. The topological polar surface area (TPSA) is 149 Å². The summed E-state index contributed by atoms with van der Waals surface area (Å²) in [6, 6.07) is 12.5. The van der Waals surface area contributed by atoms with Crippen LogP contribution in [0.2, 0.25) is 0 Å². The predicted octanol–water partition coefficient (Wildman–Crippen LogP) is 4.43. The minimum atomic E-state index is -3.62. The van der Waals surface area contributed by atoms with Gasteiger partial charge in [0.15, 0.2) is 11.5 Å². The Kier molecular flexibility index (Phi) is 9.70. The van der Waals surface area contributed by atoms with Crippen LogP contribution in [0.5, 0.6) is 17.4 Å². The molecule has 13 nitrogen and oxygen atoms in total. The highest BCUT2D eigenvalue weighted by atomic mass is 32.2. The third-order valence-corrected chi connectivity index (χ3v) is 8.20. The molecule has 1 aliphatic heterocycles. The molecule has 246 valence electrons. The van der Waals surface area contributed by atoms with Gasteiger partial charge in [0.2, 0.25) is 21.9 Å². The molecule has 0 saturated carbocycles. The van der Waals surface area contributed by atoms with Crippen LogP contribution in [0.15, 0.2) is 48.7 Å². The molecule has 0 atom stereocenters. The van der Waals surface area contributed by atoms with Gasteiger partial charge in [-0.3, -0.25) is 14.4 Å². The number of carbonyl (C=O) groups is 1. The molecule has 5 rings (SSSR count). The SMILES string of the molecule is COc1c(NC(=O)c2cc3cccc(Oc4ccnc(NCCN5CCOCC5)n4)c3n2C)cc(C(C)(C)C)cc1NS(C)(=O)=O. The highest BCUT2D eigenvalue weighted by molar-refractivity contribution is 7.92. The molecule has 2 aromatic heterocycles. The maximum atomic E-state index is 13.8. The molecule has 1 fully saturated rings. The molecule has 0 aliphatic carbocycles. The van der Waals surface area contributed by atoms with E-state index in [2.05, 4.69) is 30.2 Å². The van der Waals surface area contributed by atoms with Crippen LogP contribution < -0.4 is 24.8 Å². The van der Waals surface area contributed by atoms with Crippen molar-refractivity contribution in [2.75, 3.05) is 68.1 Å². The molecular weight excluding hydrogens is 610 g/mol. The fourth-order valence-corrected chi connectivity index (χ4v) is 5.81. The summed E-state index contributed by atoms with van der Waals surface area (Å²) < 4.78 is 45.7. The molecular formula is C32H41N7O6S. The van der Waals surface area contributed by atoms with Gasteiger partial charge in [-0.2, -0.15) is 4.98 Å². The number of morpholine rings is 1. The number of para-hydroxylation sites is 1. The number of ether oxygens (including phenoxy) is 3. The number of methoxy groups -OCH3 is 1. The Hall–Kier alpha value is -4.40. The van der Waals surface area contributed by atoms with Gasteiger partial charge in [-0.1, -0.05) is 32.9 Å². The van der Waals surface area contributed by atoms with Gasteiger partial charge in [0.25, 0.3) is 5.91 Å². The van der Waals surface area contributed by atoms with E-state index in [1.165, 1.54) is 7.11 Å². The first-order valence-electron chi connectivity index (χ1n) is 15.0. The first kappa shape index (κ1) is 33.0. The normalized spacial score (nSPS) is 14.2. The molecule has 0 spiro atoms. The molecule has 1 saturated heterocycles. The van der Waals surface area contributed by atoms with E-state index in [1.807, 2.05) is 39.0 Å². The summed E-state index contributed by atoms with van der Waals surface area (Å²) in [5.41, 5.74) is 2.10. The Labute approximate surface area is 269 Å². The van der Waals surface area contributed by atoms with E-state index in [9.17, 15) is 13.2 Å². The first-order valence-corrected chi connectivity index (χ1v) is 16.9. The van der Waals surface area contributed by atoms with Crippen molar-refractivity contribution in [3.63, 3.8) is 0 Å². The lowest BCUT2D eigenvalue weighted by atomic mass is 9.86. The summed E-state index contributed by atoms with van der Waals surface area (Å²) in [6.07, 6.45) is 2.70. The van der Waals surface area contributed by atoms with Crippen LogP contribution in [0, 0.1) is 0 Å². The molecule has 2 aromatic carbocycles. The number of sulfonamides is 1. The van der Waals surface area contributed by atoms with Gasteiger partial charge in [-0.05, 0) is 35.2 Å². The van der Waals surface area contributed by atoms with Crippen LogP contribution in [-0.4, -0.2) is 86.5 Å². The smallest absolute Gasteiger partial charge is 0.272 e. The van der Waals surface area contributed by atoms with Crippen molar-refractivity contribution in [2.24, 2.45) is 7.05 Å². The predicted molar refractivity (Wildman–Crippen MR) is 179 cm³/mol. The van der Waals surface area contributed by atoms with Crippen LogP contribution in [0.4, 0.5) is 17.3 Å². The zero-order chi connectivity index (χ0) is 33.1. The number of hydrogen-bond donors (Lipinski definition) is 3. The average Bonchev–Trinajstić information content (AvgIpc) is 3.34. The van der Waals surface area contributed by atoms with E-state index in [4.69, 9.17) is 14.2 Å². The number of aromatic nitrogens is 3. The Morgan fingerprint density at radius 1 is 1.09 bits per heavy atom. The highest BCUT2D eigenvalue weighted by Crippen LogP contribution is 2.40. The van der Waals surface area contributed by atoms with Crippen LogP contribution in [0.3, 0.4) is 0 Å². The Balaban J connectivity index is 1.39. The number of nitrogens with zero attached hydrogens (tertiary/aromatic N) is 4. The number of anilines is 3. The van der Waals surface area contributed by atoms with Crippen LogP contribution in [0.25, 0.3) is 10.9 Å². The quantitative estimate of drug-likeness (QED) is 0.213. The number of fused-ring (bicyclic) bond motifs is 1. The third kappa shape index (κ3) is 7.87. The number of carbonyl (C=O) groups excluding carboxylic acids is 1. The molecule has 14 heteroatoms. The van der Waals surface area contributed by atoms with Crippen molar-refractivity contribution in [2.45, 2.75) is 26.2 Å². The maximum absolute atomic E-state index is 13.8. The minimum absolute atomic E-state index is 0.202. The molecule has 0 radical (unpaired) electrons. The van der Waals surface area contributed by atoms with E-state index in [1.54, 1.807) is 42.1 Å². The highest BCUT2D eigenvalue weighted by Gasteiger charge is 2.24. The molecule has 3 N–H and O–H groups in total. The Morgan fingerprint density at radius 2 is 1.83 bits per heavy atom. The van der Waals surface area contributed by atoms with Crippen molar-refractivity contribution in [3.05, 3.63) is 59.9 Å². The summed E-state index contributed by atoms with van der Waals surface area (Å²) in [4.78, 5) is 24.9. The molecule has 4 aromatic rings. The maximum Gasteiger partial charge on any atom is 0.272 e. The number of nitrogens with one attached hydrogen (secondary N) is 3. The second kappa shape index (κ2) is 13.5. The van der Waals surface area contributed by atoms with Gasteiger partial charge >= 0.3 is 0 Å². The van der Waals surface area contributed by atoms with Gasteiger partial charge in [-0.15, -0.1) is 0 Å². The molecule has 3 heterocycles. The van der Waals surface area contributed by atoms with E-state index in [0.717, 1.165) is 50.1 Å². The summed E-state index contributed by atoms with van der Waals surface area (Å²) in [5.74, 6) is 1.13. The van der Waals surface area contributed by atoms with E-state index >= 15 is 0 Å². The van der Waals surface area contributed by atoms with E-state index in [-0.39, 0.29) is 16.9 Å².